The van der Waals surface area contributed by atoms with Crippen molar-refractivity contribution >= 4 is 0 Å². The predicted octanol–water partition coefficient (Wildman–Crippen LogP) is 9.38. The molecule has 3 rings (SSSR count). The van der Waals surface area contributed by atoms with Crippen LogP contribution in [0, 0.1) is 11.3 Å². The van der Waals surface area contributed by atoms with Gasteiger partial charge < -0.3 is 10.2 Å². The number of aromatic hydroxyl groups is 2. The maximum absolute atomic E-state index is 11.2. The zero-order valence-electron chi connectivity index (χ0n) is 23.9. The molecule has 1 aliphatic rings. The SMILES string of the molecule is CCCc1cc(C2(c3cc(CCC)c(O)c(C(C)C)c3)CC(C)CC(C)(C)C2)cc(C(C)C)c1O. The number of hydrogen-bond acceptors (Lipinski definition) is 2. The molecule has 0 saturated heterocycles. The Morgan fingerprint density at radius 1 is 0.771 bits per heavy atom. The smallest absolute Gasteiger partial charge is 0.122 e. The molecule has 1 saturated carbocycles. The molecule has 1 aliphatic carbocycles. The van der Waals surface area contributed by atoms with Crippen LogP contribution in [0.4, 0.5) is 0 Å². The summed E-state index contributed by atoms with van der Waals surface area (Å²) < 4.78 is 0. The third-order valence-electron chi connectivity index (χ3n) is 8.20. The first kappa shape index (κ1) is 27.6. The summed E-state index contributed by atoms with van der Waals surface area (Å²) in [5, 5.41) is 22.3. The highest BCUT2D eigenvalue weighted by Crippen LogP contribution is 2.55. The number of hydrogen-bond donors (Lipinski definition) is 2. The number of aryl methyl sites for hydroxylation is 2. The number of benzene rings is 2. The molecule has 0 bridgehead atoms. The minimum atomic E-state index is -0.138. The molecule has 2 aromatic carbocycles. The van der Waals surface area contributed by atoms with Gasteiger partial charge in [0.2, 0.25) is 0 Å². The first-order valence-electron chi connectivity index (χ1n) is 14.1. The zero-order chi connectivity index (χ0) is 26.1. The largest absolute Gasteiger partial charge is 0.507 e. The van der Waals surface area contributed by atoms with Crippen molar-refractivity contribution in [2.75, 3.05) is 0 Å². The highest BCUT2D eigenvalue weighted by molar-refractivity contribution is 5.55. The second kappa shape index (κ2) is 10.6. The lowest BCUT2D eigenvalue weighted by Gasteiger charge is -2.49. The van der Waals surface area contributed by atoms with Crippen molar-refractivity contribution in [2.45, 2.75) is 125 Å². The summed E-state index contributed by atoms with van der Waals surface area (Å²) in [6.45, 7) is 20.4. The van der Waals surface area contributed by atoms with Crippen LogP contribution < -0.4 is 0 Å². The second-order valence-electron chi connectivity index (χ2n) is 12.9. The van der Waals surface area contributed by atoms with Crippen molar-refractivity contribution in [1.29, 1.82) is 0 Å². The van der Waals surface area contributed by atoms with Gasteiger partial charge in [-0.15, -0.1) is 0 Å². The highest BCUT2D eigenvalue weighted by atomic mass is 16.3. The van der Waals surface area contributed by atoms with E-state index in [1.54, 1.807) is 0 Å². The minimum Gasteiger partial charge on any atom is -0.507 e. The summed E-state index contributed by atoms with van der Waals surface area (Å²) in [6.07, 6.45) is 7.21. The summed E-state index contributed by atoms with van der Waals surface area (Å²) in [4.78, 5) is 0. The van der Waals surface area contributed by atoms with E-state index in [4.69, 9.17) is 0 Å². The molecular formula is C33H50O2. The summed E-state index contributed by atoms with van der Waals surface area (Å²) in [6, 6.07) is 9.27. The van der Waals surface area contributed by atoms with Crippen LogP contribution >= 0.6 is 0 Å². The maximum atomic E-state index is 11.2. The van der Waals surface area contributed by atoms with E-state index in [9.17, 15) is 10.2 Å². The summed E-state index contributed by atoms with van der Waals surface area (Å²) in [5.74, 6) is 2.10. The molecule has 35 heavy (non-hydrogen) atoms. The summed E-state index contributed by atoms with van der Waals surface area (Å²) >= 11 is 0. The van der Waals surface area contributed by atoms with Gasteiger partial charge in [0, 0.05) is 5.41 Å². The van der Waals surface area contributed by atoms with E-state index in [-0.39, 0.29) is 22.7 Å². The van der Waals surface area contributed by atoms with E-state index in [0.717, 1.165) is 60.8 Å². The molecule has 2 N–H and O–H groups in total. The Labute approximate surface area is 215 Å². The Hall–Kier alpha value is -1.96. The van der Waals surface area contributed by atoms with Crippen molar-refractivity contribution in [3.63, 3.8) is 0 Å². The van der Waals surface area contributed by atoms with Crippen LogP contribution in [0.25, 0.3) is 0 Å². The van der Waals surface area contributed by atoms with Gasteiger partial charge in [0.15, 0.2) is 0 Å². The molecule has 0 aliphatic heterocycles. The lowest BCUT2D eigenvalue weighted by Crippen LogP contribution is -2.41. The monoisotopic (exact) mass is 478 g/mol. The maximum Gasteiger partial charge on any atom is 0.122 e. The molecule has 0 amide bonds. The van der Waals surface area contributed by atoms with E-state index >= 15 is 0 Å². The first-order chi connectivity index (χ1) is 16.3. The molecular weight excluding hydrogens is 428 g/mol. The molecule has 0 heterocycles. The molecule has 0 radical (unpaired) electrons. The molecule has 1 fully saturated rings. The van der Waals surface area contributed by atoms with Crippen LogP contribution in [0.1, 0.15) is 140 Å². The number of phenols is 2. The molecule has 0 aromatic heterocycles. The van der Waals surface area contributed by atoms with Gasteiger partial charge >= 0.3 is 0 Å². The highest BCUT2D eigenvalue weighted by Gasteiger charge is 2.46. The Morgan fingerprint density at radius 3 is 1.54 bits per heavy atom. The van der Waals surface area contributed by atoms with Crippen LogP contribution in [0.3, 0.4) is 0 Å². The van der Waals surface area contributed by atoms with Gasteiger partial charge in [0.1, 0.15) is 11.5 Å². The average molecular weight is 479 g/mol. The summed E-state index contributed by atoms with van der Waals surface area (Å²) in [5.41, 5.74) is 7.08. The third kappa shape index (κ3) is 5.57. The number of phenolic OH excluding ortho intramolecular Hbond substituents is 2. The fraction of sp³-hybridized carbons (Fsp3) is 0.636. The standard InChI is InChI=1S/C33H50O2/c1-10-12-24-14-26(16-28(21(3)4)30(24)34)33(19-23(7)18-32(8,9)20-33)27-15-25(13-11-2)31(35)29(17-27)22(5)6/h14-17,21-23,34-35H,10-13,18-20H2,1-9H3. The molecule has 0 spiro atoms. The third-order valence-corrected chi connectivity index (χ3v) is 8.20. The Kier molecular flexibility index (Phi) is 8.34. The van der Waals surface area contributed by atoms with E-state index in [2.05, 4.69) is 86.6 Å². The van der Waals surface area contributed by atoms with Crippen molar-refractivity contribution < 1.29 is 10.2 Å². The Balaban J connectivity index is 2.40. The van der Waals surface area contributed by atoms with Crippen LogP contribution in [-0.4, -0.2) is 10.2 Å². The van der Waals surface area contributed by atoms with Gasteiger partial charge in [-0.1, -0.05) is 99.4 Å². The normalized spacial score (nSPS) is 19.5. The zero-order valence-corrected chi connectivity index (χ0v) is 23.9. The Bertz CT molecular complexity index is 960. The van der Waals surface area contributed by atoms with E-state index < -0.39 is 0 Å². The molecule has 2 aromatic rings. The van der Waals surface area contributed by atoms with Gasteiger partial charge in [-0.2, -0.15) is 0 Å². The van der Waals surface area contributed by atoms with E-state index in [1.165, 1.54) is 17.5 Å². The van der Waals surface area contributed by atoms with Crippen molar-refractivity contribution in [3.8, 4) is 11.5 Å². The minimum absolute atomic E-state index is 0.138. The fourth-order valence-corrected chi connectivity index (χ4v) is 6.97. The van der Waals surface area contributed by atoms with Gasteiger partial charge in [0.25, 0.3) is 0 Å². The van der Waals surface area contributed by atoms with Crippen LogP contribution in [0.2, 0.25) is 0 Å². The van der Waals surface area contributed by atoms with Gasteiger partial charge in [-0.3, -0.25) is 0 Å². The van der Waals surface area contributed by atoms with Crippen LogP contribution in [0.5, 0.6) is 11.5 Å². The fourth-order valence-electron chi connectivity index (χ4n) is 6.97. The average Bonchev–Trinajstić information content (AvgIpc) is 2.74. The topological polar surface area (TPSA) is 40.5 Å². The molecule has 2 heteroatoms. The molecule has 1 atom stereocenters. The Morgan fingerprint density at radius 2 is 1.20 bits per heavy atom. The van der Waals surface area contributed by atoms with E-state index in [1.807, 2.05) is 0 Å². The van der Waals surface area contributed by atoms with Crippen molar-refractivity contribution in [2.24, 2.45) is 11.3 Å². The molecule has 194 valence electrons. The van der Waals surface area contributed by atoms with Gasteiger partial charge in [-0.25, -0.2) is 0 Å². The van der Waals surface area contributed by atoms with Gasteiger partial charge in [0.05, 0.1) is 0 Å². The lowest BCUT2D eigenvalue weighted by molar-refractivity contribution is 0.126. The second-order valence-corrected chi connectivity index (χ2v) is 12.9. The van der Waals surface area contributed by atoms with E-state index in [0.29, 0.717) is 17.4 Å². The van der Waals surface area contributed by atoms with Crippen LogP contribution in [-0.2, 0) is 18.3 Å². The van der Waals surface area contributed by atoms with Gasteiger partial charge in [-0.05, 0) is 88.7 Å². The summed E-state index contributed by atoms with van der Waals surface area (Å²) in [7, 11) is 0. The van der Waals surface area contributed by atoms with Crippen LogP contribution in [0.15, 0.2) is 24.3 Å². The molecule has 1 unspecified atom stereocenters. The van der Waals surface area contributed by atoms with Crippen molar-refractivity contribution in [3.05, 3.63) is 57.6 Å². The number of rotatable bonds is 8. The van der Waals surface area contributed by atoms with Crippen molar-refractivity contribution in [1.82, 2.24) is 0 Å². The molecule has 2 nitrogen and oxygen atoms in total. The quantitative estimate of drug-likeness (QED) is 0.397. The lowest BCUT2D eigenvalue weighted by atomic mass is 9.55. The first-order valence-corrected chi connectivity index (χ1v) is 14.1. The predicted molar refractivity (Wildman–Crippen MR) is 150 cm³/mol.